The van der Waals surface area contributed by atoms with E-state index >= 15 is 0 Å². The van der Waals surface area contributed by atoms with Crippen LogP contribution in [0.1, 0.15) is 27.7 Å². The monoisotopic (exact) mass is 180 g/mol. The van der Waals surface area contributed by atoms with Gasteiger partial charge in [-0.3, -0.25) is 0 Å². The van der Waals surface area contributed by atoms with Gasteiger partial charge in [0, 0.05) is 0 Å². The maximum Gasteiger partial charge on any atom is 0.112 e. The molecule has 0 aliphatic heterocycles. The Morgan fingerprint density at radius 1 is 1.38 bits per heavy atom. The molecule has 0 rings (SSSR count). The van der Waals surface area contributed by atoms with Crippen LogP contribution in [-0.2, 0) is 4.74 Å². The van der Waals surface area contributed by atoms with Crippen molar-refractivity contribution in [2.75, 3.05) is 0 Å². The topological polar surface area (TPSA) is 9.23 Å². The first kappa shape index (κ1) is 12.0. The van der Waals surface area contributed by atoms with E-state index < -0.39 is 0 Å². The summed E-state index contributed by atoms with van der Waals surface area (Å²) in [5.41, 5.74) is -0.164. The molecule has 74 valence electrons. The summed E-state index contributed by atoms with van der Waals surface area (Å²) in [5.74, 6) is 1.14. The third-order valence-corrected chi connectivity index (χ3v) is 2.20. The summed E-state index contributed by atoms with van der Waals surface area (Å²) in [4.78, 5) is 0. The SMILES string of the molecule is C=C/C=C\C(=C)OC(C)(C)C(C)C. The molecule has 0 amide bonds. The van der Waals surface area contributed by atoms with Crippen molar-refractivity contribution in [3.05, 3.63) is 37.1 Å². The van der Waals surface area contributed by atoms with Gasteiger partial charge in [-0.2, -0.15) is 0 Å². The average Bonchev–Trinajstić information content (AvgIpc) is 1.99. The lowest BCUT2D eigenvalue weighted by molar-refractivity contribution is 0.00214. The Labute approximate surface area is 81.8 Å². The number of hydrogen-bond donors (Lipinski definition) is 0. The van der Waals surface area contributed by atoms with Gasteiger partial charge in [0.15, 0.2) is 0 Å². The summed E-state index contributed by atoms with van der Waals surface area (Å²) in [6.07, 6.45) is 5.34. The molecule has 1 heteroatoms. The fraction of sp³-hybridized carbons (Fsp3) is 0.500. The first-order valence-electron chi connectivity index (χ1n) is 4.57. The maximum absolute atomic E-state index is 5.67. The van der Waals surface area contributed by atoms with Crippen LogP contribution in [0.5, 0.6) is 0 Å². The molecule has 0 heterocycles. The van der Waals surface area contributed by atoms with Gasteiger partial charge in [-0.05, 0) is 25.8 Å². The molecule has 1 nitrogen and oxygen atoms in total. The highest BCUT2D eigenvalue weighted by atomic mass is 16.5. The number of hydrogen-bond acceptors (Lipinski definition) is 1. The van der Waals surface area contributed by atoms with E-state index in [4.69, 9.17) is 4.74 Å². The molecule has 0 unspecified atom stereocenters. The molecule has 0 aromatic rings. The maximum atomic E-state index is 5.67. The average molecular weight is 180 g/mol. The van der Waals surface area contributed by atoms with E-state index in [1.54, 1.807) is 6.08 Å². The van der Waals surface area contributed by atoms with E-state index in [1.165, 1.54) is 0 Å². The van der Waals surface area contributed by atoms with Crippen molar-refractivity contribution in [1.29, 1.82) is 0 Å². The predicted molar refractivity (Wildman–Crippen MR) is 58.5 cm³/mol. The largest absolute Gasteiger partial charge is 0.488 e. The smallest absolute Gasteiger partial charge is 0.112 e. The lowest BCUT2D eigenvalue weighted by atomic mass is 9.94. The summed E-state index contributed by atoms with van der Waals surface area (Å²) in [5, 5.41) is 0. The zero-order valence-electron chi connectivity index (χ0n) is 9.13. The Morgan fingerprint density at radius 3 is 2.31 bits per heavy atom. The third-order valence-electron chi connectivity index (χ3n) is 2.20. The summed E-state index contributed by atoms with van der Waals surface area (Å²) in [6, 6.07) is 0. The van der Waals surface area contributed by atoms with Crippen molar-refractivity contribution in [3.8, 4) is 0 Å². The Bertz CT molecular complexity index is 209. The molecule has 0 spiro atoms. The van der Waals surface area contributed by atoms with E-state index in [2.05, 4.69) is 40.9 Å². The standard InChI is InChI=1S/C12H20O/c1-7-8-9-11(4)13-12(5,6)10(2)3/h7-10H,1,4H2,2-3,5-6H3/b9-8-. The van der Waals surface area contributed by atoms with Gasteiger partial charge in [0.05, 0.1) is 0 Å². The van der Waals surface area contributed by atoms with Gasteiger partial charge < -0.3 is 4.74 Å². The molecule has 0 aromatic carbocycles. The quantitative estimate of drug-likeness (QED) is 0.463. The highest BCUT2D eigenvalue weighted by Gasteiger charge is 2.23. The highest BCUT2D eigenvalue weighted by molar-refractivity contribution is 5.13. The summed E-state index contributed by atoms with van der Waals surface area (Å²) in [7, 11) is 0. The second-order valence-corrected chi connectivity index (χ2v) is 3.92. The Hall–Kier alpha value is -0.980. The van der Waals surface area contributed by atoms with Crippen molar-refractivity contribution in [2.24, 2.45) is 5.92 Å². The van der Waals surface area contributed by atoms with Crippen molar-refractivity contribution in [2.45, 2.75) is 33.3 Å². The lowest BCUT2D eigenvalue weighted by Gasteiger charge is -2.30. The summed E-state index contributed by atoms with van der Waals surface area (Å²) < 4.78 is 5.67. The van der Waals surface area contributed by atoms with E-state index in [0.29, 0.717) is 11.7 Å². The molecule has 0 N–H and O–H groups in total. The van der Waals surface area contributed by atoms with Crippen molar-refractivity contribution >= 4 is 0 Å². The van der Waals surface area contributed by atoms with Gasteiger partial charge >= 0.3 is 0 Å². The van der Waals surface area contributed by atoms with E-state index in [-0.39, 0.29) is 5.60 Å². The van der Waals surface area contributed by atoms with E-state index in [1.807, 2.05) is 12.2 Å². The zero-order valence-corrected chi connectivity index (χ0v) is 9.13. The fourth-order valence-corrected chi connectivity index (χ4v) is 0.665. The molecule has 0 fully saturated rings. The molecule has 13 heavy (non-hydrogen) atoms. The van der Waals surface area contributed by atoms with E-state index in [9.17, 15) is 0 Å². The second kappa shape index (κ2) is 4.90. The lowest BCUT2D eigenvalue weighted by Crippen LogP contribution is -2.30. The Morgan fingerprint density at radius 2 is 1.92 bits per heavy atom. The molecule has 0 radical (unpaired) electrons. The predicted octanol–water partition coefficient (Wildman–Crippen LogP) is 3.69. The van der Waals surface area contributed by atoms with Crippen LogP contribution in [-0.4, -0.2) is 5.60 Å². The molecule has 0 aliphatic carbocycles. The highest BCUT2D eigenvalue weighted by Crippen LogP contribution is 2.23. The summed E-state index contributed by atoms with van der Waals surface area (Å²) in [6.45, 7) is 15.8. The Balaban J connectivity index is 4.19. The molecule has 0 bridgehead atoms. The van der Waals surface area contributed by atoms with Crippen LogP contribution in [0.15, 0.2) is 37.1 Å². The van der Waals surface area contributed by atoms with Crippen molar-refractivity contribution in [1.82, 2.24) is 0 Å². The first-order chi connectivity index (χ1) is 5.90. The van der Waals surface area contributed by atoms with E-state index in [0.717, 1.165) is 0 Å². The number of rotatable bonds is 5. The summed E-state index contributed by atoms with van der Waals surface area (Å²) >= 11 is 0. The van der Waals surface area contributed by atoms with Gasteiger partial charge in [0.25, 0.3) is 0 Å². The van der Waals surface area contributed by atoms with Crippen LogP contribution in [0, 0.1) is 5.92 Å². The first-order valence-corrected chi connectivity index (χ1v) is 4.57. The third kappa shape index (κ3) is 4.56. The molecule has 0 saturated heterocycles. The number of allylic oxidation sites excluding steroid dienone is 3. The molecular weight excluding hydrogens is 160 g/mol. The normalized spacial score (nSPS) is 12.1. The van der Waals surface area contributed by atoms with Gasteiger partial charge in [0.1, 0.15) is 11.4 Å². The van der Waals surface area contributed by atoms with Gasteiger partial charge in [0.2, 0.25) is 0 Å². The second-order valence-electron chi connectivity index (χ2n) is 3.92. The zero-order chi connectivity index (χ0) is 10.5. The Kier molecular flexibility index (Phi) is 4.53. The molecule has 0 aromatic heterocycles. The molecule has 0 aliphatic rings. The minimum atomic E-state index is -0.164. The number of ether oxygens (including phenoxy) is 1. The minimum absolute atomic E-state index is 0.164. The van der Waals surface area contributed by atoms with Crippen LogP contribution < -0.4 is 0 Å². The minimum Gasteiger partial charge on any atom is -0.488 e. The van der Waals surface area contributed by atoms with Crippen LogP contribution in [0.25, 0.3) is 0 Å². The fourth-order valence-electron chi connectivity index (χ4n) is 0.665. The van der Waals surface area contributed by atoms with Gasteiger partial charge in [-0.15, -0.1) is 0 Å². The van der Waals surface area contributed by atoms with Crippen LogP contribution >= 0.6 is 0 Å². The molecular formula is C12H20O. The van der Waals surface area contributed by atoms with Crippen LogP contribution in [0.2, 0.25) is 0 Å². The van der Waals surface area contributed by atoms with Gasteiger partial charge in [-0.1, -0.05) is 39.2 Å². The van der Waals surface area contributed by atoms with Crippen LogP contribution in [0.3, 0.4) is 0 Å². The van der Waals surface area contributed by atoms with Crippen LogP contribution in [0.4, 0.5) is 0 Å². The molecule has 0 atom stereocenters. The van der Waals surface area contributed by atoms with Gasteiger partial charge in [-0.25, -0.2) is 0 Å². The molecule has 0 saturated carbocycles. The van der Waals surface area contributed by atoms with Crippen molar-refractivity contribution in [3.63, 3.8) is 0 Å². The van der Waals surface area contributed by atoms with Crippen molar-refractivity contribution < 1.29 is 4.74 Å².